The molecule has 0 aromatic heterocycles. The minimum absolute atomic E-state index is 1.40. The molecule has 0 unspecified atom stereocenters. The molecule has 10 heteroatoms. The monoisotopic (exact) mass is 773 g/mol. The van der Waals surface area contributed by atoms with Crippen LogP contribution in [0.15, 0.2) is 0 Å². The van der Waals surface area contributed by atoms with Gasteiger partial charge < -0.3 is 0 Å². The summed E-state index contributed by atoms with van der Waals surface area (Å²) in [5, 5.41) is 0. The molecule has 206 valence electrons. The molecule has 0 aliphatic rings. The van der Waals surface area contributed by atoms with Gasteiger partial charge in [-0.15, -0.1) is 0 Å². The molecule has 0 aromatic rings. The fraction of sp³-hybridized carbons (Fsp3) is 1.00. The summed E-state index contributed by atoms with van der Waals surface area (Å²) < 4.78 is 10.6. The van der Waals surface area contributed by atoms with E-state index in [0.717, 1.165) is 0 Å². The maximum absolute atomic E-state index is 3.54. The van der Waals surface area contributed by atoms with Crippen LogP contribution < -0.4 is 0 Å². The van der Waals surface area contributed by atoms with Gasteiger partial charge in [0.1, 0.15) is 0 Å². The molecule has 0 radical (unpaired) electrons. The summed E-state index contributed by atoms with van der Waals surface area (Å²) >= 11 is -2.54. The van der Waals surface area contributed by atoms with Crippen LogP contribution in [0, 0.1) is 0 Å². The first-order chi connectivity index (χ1) is 15.1. The summed E-state index contributed by atoms with van der Waals surface area (Å²) in [6, 6.07) is 8.42. The van der Waals surface area contributed by atoms with E-state index in [1.54, 1.807) is 0 Å². The first-order valence-corrected chi connectivity index (χ1v) is 37.9. The molecule has 0 saturated heterocycles. The molecular formula is C24H66BiN3Si6. The van der Waals surface area contributed by atoms with Crippen LogP contribution in [0.3, 0.4) is 0 Å². The molecule has 34 heavy (non-hydrogen) atoms. The quantitative estimate of drug-likeness (QED) is 0.154. The van der Waals surface area contributed by atoms with Crippen LogP contribution in [-0.4, -0.2) is 78.6 Å². The second-order valence-electron chi connectivity index (χ2n) is 14.2. The third kappa shape index (κ3) is 8.04. The van der Waals surface area contributed by atoms with Gasteiger partial charge in [-0.1, -0.05) is 0 Å². The summed E-state index contributed by atoms with van der Waals surface area (Å²) in [5.41, 5.74) is 0. The zero-order valence-corrected chi connectivity index (χ0v) is 36.5. The molecule has 0 aliphatic heterocycles. The van der Waals surface area contributed by atoms with Crippen molar-refractivity contribution in [2.24, 2.45) is 0 Å². The van der Waals surface area contributed by atoms with Crippen molar-refractivity contribution in [1.82, 2.24) is 6.52 Å². The van der Waals surface area contributed by atoms with Crippen LogP contribution in [0.2, 0.25) is 115 Å². The van der Waals surface area contributed by atoms with Crippen molar-refractivity contribution in [2.45, 2.75) is 156 Å². The zero-order chi connectivity index (χ0) is 27.6. The van der Waals surface area contributed by atoms with E-state index in [-0.39, 0.29) is 0 Å². The molecule has 0 spiro atoms. The van der Waals surface area contributed by atoms with Gasteiger partial charge in [-0.2, -0.15) is 0 Å². The maximum atomic E-state index is 3.54. The SMILES string of the molecule is CC[Si](C)(C)[N]([Bi]([N]([Si](C)(C)CC)[Si](C)(C)CC)[N]([Si](C)(C)CC)[Si](C)(C)CC)[Si](C)(C)CC. The minimum atomic E-state index is -2.54. The van der Waals surface area contributed by atoms with Gasteiger partial charge in [-0.05, 0) is 0 Å². The summed E-state index contributed by atoms with van der Waals surface area (Å²) in [4.78, 5) is 0. The van der Waals surface area contributed by atoms with E-state index in [4.69, 9.17) is 0 Å². The van der Waals surface area contributed by atoms with Crippen molar-refractivity contribution in [2.75, 3.05) is 0 Å². The Morgan fingerprint density at radius 2 is 0.441 bits per heavy atom. The van der Waals surface area contributed by atoms with E-state index in [0.29, 0.717) is 0 Å². The number of nitrogens with zero attached hydrogens (tertiary/aromatic N) is 3. The van der Waals surface area contributed by atoms with Crippen molar-refractivity contribution >= 4 is 72.0 Å². The molecule has 0 fully saturated rings. The Morgan fingerprint density at radius 3 is 0.529 bits per heavy atom. The average molecular weight is 774 g/mol. The molecule has 0 saturated carbocycles. The molecule has 0 rings (SSSR count). The van der Waals surface area contributed by atoms with Crippen LogP contribution in [0.1, 0.15) is 41.5 Å². The van der Waals surface area contributed by atoms with Crippen molar-refractivity contribution in [3.05, 3.63) is 0 Å². The summed E-state index contributed by atoms with van der Waals surface area (Å²) in [7, 11) is -9.16. The average Bonchev–Trinajstić information content (AvgIpc) is 2.72. The number of hydrogen-bond donors (Lipinski definition) is 0. The summed E-state index contributed by atoms with van der Waals surface area (Å²) in [6.07, 6.45) is 0. The van der Waals surface area contributed by atoms with Gasteiger partial charge in [0, 0.05) is 0 Å². The van der Waals surface area contributed by atoms with Gasteiger partial charge in [0.15, 0.2) is 0 Å². The third-order valence-corrected chi connectivity index (χ3v) is 88.8. The predicted octanol–water partition coefficient (Wildman–Crippen LogP) is 9.23. The van der Waals surface area contributed by atoms with Crippen LogP contribution in [0.25, 0.3) is 0 Å². The van der Waals surface area contributed by atoms with Crippen LogP contribution in [0.5, 0.6) is 0 Å². The van der Waals surface area contributed by atoms with Crippen LogP contribution in [0.4, 0.5) is 0 Å². The Morgan fingerprint density at radius 1 is 0.324 bits per heavy atom. The number of rotatable bonds is 15. The fourth-order valence-electron chi connectivity index (χ4n) is 5.08. The Bertz CT molecular complexity index is 507. The second kappa shape index (κ2) is 12.9. The Hall–Kier alpha value is 2.06. The van der Waals surface area contributed by atoms with Gasteiger partial charge in [-0.25, -0.2) is 0 Å². The molecular weight excluding hydrogens is 708 g/mol. The van der Waals surface area contributed by atoms with Crippen molar-refractivity contribution in [1.29, 1.82) is 0 Å². The van der Waals surface area contributed by atoms with Crippen molar-refractivity contribution < 1.29 is 0 Å². The Kier molecular flexibility index (Phi) is 13.7. The topological polar surface area (TPSA) is 9.72 Å². The van der Waals surface area contributed by atoms with E-state index in [2.05, 4.69) is 127 Å². The Labute approximate surface area is 233 Å². The Balaban J connectivity index is 7.97. The van der Waals surface area contributed by atoms with Crippen LogP contribution in [-0.2, 0) is 0 Å². The van der Waals surface area contributed by atoms with Gasteiger partial charge in [0.05, 0.1) is 0 Å². The van der Waals surface area contributed by atoms with Crippen molar-refractivity contribution in [3.8, 4) is 0 Å². The molecule has 0 heterocycles. The van der Waals surface area contributed by atoms with E-state index in [1.807, 2.05) is 0 Å². The van der Waals surface area contributed by atoms with E-state index >= 15 is 0 Å². The van der Waals surface area contributed by atoms with E-state index in [9.17, 15) is 0 Å². The summed E-state index contributed by atoms with van der Waals surface area (Å²) in [6.45, 7) is 48.3. The van der Waals surface area contributed by atoms with Crippen molar-refractivity contribution in [3.63, 3.8) is 0 Å². The first kappa shape index (κ1) is 36.1. The summed E-state index contributed by atoms with van der Waals surface area (Å²) in [5.74, 6) is 0. The number of hydrogen-bond acceptors (Lipinski definition) is 3. The van der Waals surface area contributed by atoms with E-state index < -0.39 is 72.0 Å². The molecule has 3 nitrogen and oxygen atoms in total. The van der Waals surface area contributed by atoms with Gasteiger partial charge in [0.25, 0.3) is 0 Å². The molecule has 0 atom stereocenters. The first-order valence-electron chi connectivity index (χ1n) is 14.3. The molecule has 0 amide bonds. The molecule has 0 N–H and O–H groups in total. The van der Waals surface area contributed by atoms with Gasteiger partial charge in [-0.3, -0.25) is 0 Å². The van der Waals surface area contributed by atoms with Gasteiger partial charge in [0.2, 0.25) is 0 Å². The zero-order valence-electron chi connectivity index (χ0n) is 27.0. The predicted molar refractivity (Wildman–Crippen MR) is 179 cm³/mol. The standard InChI is InChI=1S/3C8H22NSi2.Bi/c3*1-7-10(3,4)9-11(5,6)8-2;/h3*7-8H2,1-6H3;/q3*-1;+3. The molecule has 0 aliphatic carbocycles. The normalized spacial score (nSPS) is 15.4. The van der Waals surface area contributed by atoms with E-state index in [1.165, 1.54) is 36.3 Å². The fourth-order valence-corrected chi connectivity index (χ4v) is 97.0. The molecule has 0 bridgehead atoms. The van der Waals surface area contributed by atoms with Crippen LogP contribution >= 0.6 is 0 Å². The van der Waals surface area contributed by atoms with Gasteiger partial charge >= 0.3 is 235 Å². The molecule has 0 aromatic carbocycles. The third-order valence-electron chi connectivity index (χ3n) is 9.17. The second-order valence-corrected chi connectivity index (χ2v) is 60.2.